The van der Waals surface area contributed by atoms with Gasteiger partial charge in [0.25, 0.3) is 0 Å². The van der Waals surface area contributed by atoms with Crippen molar-refractivity contribution in [2.75, 3.05) is 29.9 Å². The molecular formula is C15H21FN6. The van der Waals surface area contributed by atoms with Crippen LogP contribution in [0.1, 0.15) is 12.8 Å². The fourth-order valence-corrected chi connectivity index (χ4v) is 2.76. The van der Waals surface area contributed by atoms with Crippen molar-refractivity contribution in [1.29, 1.82) is 0 Å². The van der Waals surface area contributed by atoms with E-state index in [1.165, 1.54) is 12.1 Å². The molecule has 22 heavy (non-hydrogen) atoms. The molecule has 7 heteroatoms. The van der Waals surface area contributed by atoms with E-state index < -0.39 is 0 Å². The molecule has 0 aliphatic carbocycles. The predicted molar refractivity (Wildman–Crippen MR) is 84.9 cm³/mol. The molecule has 0 spiro atoms. The Bertz CT molecular complexity index is 630. The Morgan fingerprint density at radius 1 is 1.18 bits per heavy atom. The van der Waals surface area contributed by atoms with E-state index in [2.05, 4.69) is 15.1 Å². The Hall–Kier alpha value is -2.15. The molecule has 3 rings (SSSR count). The Morgan fingerprint density at radius 3 is 2.45 bits per heavy atom. The molecule has 1 aliphatic rings. The van der Waals surface area contributed by atoms with E-state index in [-0.39, 0.29) is 11.9 Å². The highest BCUT2D eigenvalue weighted by atomic mass is 19.1. The van der Waals surface area contributed by atoms with Crippen LogP contribution in [0.4, 0.5) is 22.0 Å². The largest absolute Gasteiger partial charge is 0.341 e. The highest BCUT2D eigenvalue weighted by Crippen LogP contribution is 2.25. The molecule has 0 atom stereocenters. The van der Waals surface area contributed by atoms with E-state index in [1.807, 2.05) is 23.6 Å². The van der Waals surface area contributed by atoms with Crippen molar-refractivity contribution in [3.63, 3.8) is 0 Å². The van der Waals surface area contributed by atoms with Crippen molar-refractivity contribution >= 4 is 17.6 Å². The summed E-state index contributed by atoms with van der Waals surface area (Å²) in [5.74, 6) is 1.31. The molecule has 0 unspecified atom stereocenters. The van der Waals surface area contributed by atoms with Crippen LogP contribution >= 0.6 is 0 Å². The summed E-state index contributed by atoms with van der Waals surface area (Å²) in [4.78, 5) is 4.10. The smallest absolute Gasteiger partial charge is 0.232 e. The molecule has 0 bridgehead atoms. The minimum Gasteiger partial charge on any atom is -0.341 e. The molecule has 0 radical (unpaired) electrons. The van der Waals surface area contributed by atoms with Crippen LogP contribution in [-0.2, 0) is 7.05 Å². The number of benzene rings is 1. The van der Waals surface area contributed by atoms with Gasteiger partial charge in [-0.25, -0.2) is 4.39 Å². The van der Waals surface area contributed by atoms with Gasteiger partial charge in [-0.15, -0.1) is 10.2 Å². The average Bonchev–Trinajstić information content (AvgIpc) is 2.90. The standard InChI is InChI=1S/C15H21FN6/c1-20(13-5-3-11(16)4-6-13)14-18-19-15(21(14)2)22-9-7-12(17)8-10-22/h3-6,12H,7-10,17H2,1-2H3. The third kappa shape index (κ3) is 2.76. The maximum absolute atomic E-state index is 13.0. The van der Waals surface area contributed by atoms with Crippen molar-refractivity contribution in [3.8, 4) is 0 Å². The summed E-state index contributed by atoms with van der Waals surface area (Å²) in [7, 11) is 3.84. The van der Waals surface area contributed by atoms with Gasteiger partial charge in [0.1, 0.15) is 5.82 Å². The first-order chi connectivity index (χ1) is 10.6. The van der Waals surface area contributed by atoms with Gasteiger partial charge in [0.15, 0.2) is 0 Å². The van der Waals surface area contributed by atoms with Crippen LogP contribution in [0, 0.1) is 5.82 Å². The first-order valence-electron chi connectivity index (χ1n) is 7.45. The van der Waals surface area contributed by atoms with Gasteiger partial charge >= 0.3 is 0 Å². The first kappa shape index (κ1) is 14.8. The second kappa shape index (κ2) is 5.92. The fourth-order valence-electron chi connectivity index (χ4n) is 2.76. The Kier molecular flexibility index (Phi) is 3.98. The van der Waals surface area contributed by atoms with Gasteiger partial charge in [0.05, 0.1) is 0 Å². The summed E-state index contributed by atoms with van der Waals surface area (Å²) in [5, 5.41) is 8.59. The van der Waals surface area contributed by atoms with Crippen molar-refractivity contribution in [2.24, 2.45) is 12.8 Å². The molecular weight excluding hydrogens is 283 g/mol. The van der Waals surface area contributed by atoms with E-state index in [1.54, 1.807) is 12.1 Å². The summed E-state index contributed by atoms with van der Waals surface area (Å²) in [5.41, 5.74) is 6.81. The lowest BCUT2D eigenvalue weighted by Crippen LogP contribution is -2.40. The van der Waals surface area contributed by atoms with Crippen LogP contribution in [-0.4, -0.2) is 40.9 Å². The number of nitrogens with zero attached hydrogens (tertiary/aromatic N) is 5. The van der Waals surface area contributed by atoms with Gasteiger partial charge in [0, 0.05) is 38.9 Å². The molecule has 2 heterocycles. The molecule has 2 aromatic rings. The highest BCUT2D eigenvalue weighted by Gasteiger charge is 2.22. The van der Waals surface area contributed by atoms with Crippen LogP contribution < -0.4 is 15.5 Å². The molecule has 118 valence electrons. The summed E-state index contributed by atoms with van der Waals surface area (Å²) in [6.45, 7) is 1.79. The van der Waals surface area contributed by atoms with E-state index in [0.29, 0.717) is 0 Å². The first-order valence-corrected chi connectivity index (χ1v) is 7.45. The third-order valence-corrected chi connectivity index (χ3v) is 4.17. The van der Waals surface area contributed by atoms with Crippen molar-refractivity contribution in [1.82, 2.24) is 14.8 Å². The van der Waals surface area contributed by atoms with Crippen molar-refractivity contribution in [2.45, 2.75) is 18.9 Å². The summed E-state index contributed by atoms with van der Waals surface area (Å²) >= 11 is 0. The summed E-state index contributed by atoms with van der Waals surface area (Å²) in [6.07, 6.45) is 1.94. The van der Waals surface area contributed by atoms with Crippen LogP contribution in [0.5, 0.6) is 0 Å². The van der Waals surface area contributed by atoms with Gasteiger partial charge in [-0.1, -0.05) is 0 Å². The van der Waals surface area contributed by atoms with Gasteiger partial charge in [-0.05, 0) is 37.1 Å². The highest BCUT2D eigenvalue weighted by molar-refractivity contribution is 5.57. The quantitative estimate of drug-likeness (QED) is 0.934. The van der Waals surface area contributed by atoms with E-state index >= 15 is 0 Å². The Morgan fingerprint density at radius 2 is 1.82 bits per heavy atom. The van der Waals surface area contributed by atoms with Crippen LogP contribution in [0.25, 0.3) is 0 Å². The molecule has 1 aliphatic heterocycles. The van der Waals surface area contributed by atoms with Crippen molar-refractivity contribution in [3.05, 3.63) is 30.1 Å². The fraction of sp³-hybridized carbons (Fsp3) is 0.467. The van der Waals surface area contributed by atoms with Crippen LogP contribution in [0.15, 0.2) is 24.3 Å². The molecule has 6 nitrogen and oxygen atoms in total. The zero-order valence-electron chi connectivity index (χ0n) is 12.9. The van der Waals surface area contributed by atoms with Crippen LogP contribution in [0.2, 0.25) is 0 Å². The number of hydrogen-bond donors (Lipinski definition) is 1. The van der Waals surface area contributed by atoms with Gasteiger partial charge in [-0.2, -0.15) is 0 Å². The minimum atomic E-state index is -0.250. The maximum atomic E-state index is 13.0. The third-order valence-electron chi connectivity index (χ3n) is 4.17. The molecule has 1 saturated heterocycles. The van der Waals surface area contributed by atoms with Gasteiger partial charge < -0.3 is 15.5 Å². The topological polar surface area (TPSA) is 63.2 Å². The zero-order chi connectivity index (χ0) is 15.7. The normalized spacial score (nSPS) is 16.1. The minimum absolute atomic E-state index is 0.250. The van der Waals surface area contributed by atoms with E-state index in [9.17, 15) is 4.39 Å². The maximum Gasteiger partial charge on any atom is 0.232 e. The van der Waals surface area contributed by atoms with Crippen molar-refractivity contribution < 1.29 is 4.39 Å². The molecule has 0 amide bonds. The number of rotatable bonds is 3. The number of hydrogen-bond acceptors (Lipinski definition) is 5. The lowest BCUT2D eigenvalue weighted by atomic mass is 10.1. The molecule has 1 aromatic heterocycles. The molecule has 1 aromatic carbocycles. The average molecular weight is 304 g/mol. The van der Waals surface area contributed by atoms with Gasteiger partial charge in [-0.3, -0.25) is 4.57 Å². The number of piperidine rings is 1. The second-order valence-corrected chi connectivity index (χ2v) is 5.72. The Labute approximate surface area is 129 Å². The molecule has 1 fully saturated rings. The number of aromatic nitrogens is 3. The number of anilines is 3. The lowest BCUT2D eigenvalue weighted by Gasteiger charge is -2.30. The zero-order valence-corrected chi connectivity index (χ0v) is 12.9. The Balaban J connectivity index is 1.82. The molecule has 2 N–H and O–H groups in total. The number of nitrogens with two attached hydrogens (primary N) is 1. The number of halogens is 1. The van der Waals surface area contributed by atoms with Gasteiger partial charge in [0.2, 0.25) is 11.9 Å². The predicted octanol–water partition coefficient (Wildman–Crippen LogP) is 1.65. The lowest BCUT2D eigenvalue weighted by molar-refractivity contribution is 0.492. The van der Waals surface area contributed by atoms with Crippen LogP contribution in [0.3, 0.4) is 0 Å². The monoisotopic (exact) mass is 304 g/mol. The van der Waals surface area contributed by atoms with E-state index in [4.69, 9.17) is 5.73 Å². The second-order valence-electron chi connectivity index (χ2n) is 5.72. The summed E-state index contributed by atoms with van der Waals surface area (Å²) in [6, 6.07) is 6.61. The SMILES string of the molecule is CN(c1ccc(F)cc1)c1nnc(N2CCC(N)CC2)n1C. The summed E-state index contributed by atoms with van der Waals surface area (Å²) < 4.78 is 15.0. The van der Waals surface area contributed by atoms with E-state index in [0.717, 1.165) is 43.5 Å². The molecule has 0 saturated carbocycles.